The van der Waals surface area contributed by atoms with Crippen LogP contribution in [0.5, 0.6) is 0 Å². The minimum atomic E-state index is -0.133. The molecule has 0 radical (unpaired) electrons. The standard InChI is InChI=1S/C22H35N3O2/c1-3-4-5-7-10-18(2)24-22(27)23-17-19-11-13-20(14-12-19)21(26)25-15-8-6-9-16-25/h11-14,18H,3-10,15-17H2,1-2H3,(H2,23,24,27)/t18-/m0/s1. The quantitative estimate of drug-likeness (QED) is 0.627. The van der Waals surface area contributed by atoms with Crippen LogP contribution >= 0.6 is 0 Å². The van der Waals surface area contributed by atoms with Gasteiger partial charge in [-0.2, -0.15) is 0 Å². The fraction of sp³-hybridized carbons (Fsp3) is 0.636. The van der Waals surface area contributed by atoms with E-state index in [2.05, 4.69) is 17.6 Å². The Bertz CT molecular complexity index is 580. The minimum absolute atomic E-state index is 0.115. The first-order valence-corrected chi connectivity index (χ1v) is 10.5. The van der Waals surface area contributed by atoms with Gasteiger partial charge in [0.05, 0.1) is 0 Å². The molecule has 1 fully saturated rings. The molecule has 1 aliphatic heterocycles. The lowest BCUT2D eigenvalue weighted by Crippen LogP contribution is -2.40. The minimum Gasteiger partial charge on any atom is -0.339 e. The molecular formula is C22H35N3O2. The third kappa shape index (κ3) is 7.61. The molecule has 0 unspecified atom stereocenters. The summed E-state index contributed by atoms with van der Waals surface area (Å²) in [6, 6.07) is 7.62. The van der Waals surface area contributed by atoms with E-state index >= 15 is 0 Å². The van der Waals surface area contributed by atoms with Gasteiger partial charge >= 0.3 is 6.03 Å². The van der Waals surface area contributed by atoms with Crippen molar-refractivity contribution >= 4 is 11.9 Å². The molecule has 27 heavy (non-hydrogen) atoms. The van der Waals surface area contributed by atoms with Crippen LogP contribution in [-0.2, 0) is 6.54 Å². The molecule has 1 aromatic rings. The number of carbonyl (C=O) groups excluding carboxylic acids is 2. The average molecular weight is 374 g/mol. The normalized spacial score (nSPS) is 15.3. The smallest absolute Gasteiger partial charge is 0.315 e. The second-order valence-corrected chi connectivity index (χ2v) is 7.63. The zero-order valence-electron chi connectivity index (χ0n) is 16.9. The van der Waals surface area contributed by atoms with Gasteiger partial charge in [0.2, 0.25) is 0 Å². The van der Waals surface area contributed by atoms with Crippen molar-refractivity contribution in [2.45, 2.75) is 77.8 Å². The zero-order valence-corrected chi connectivity index (χ0v) is 16.9. The number of likely N-dealkylation sites (tertiary alicyclic amines) is 1. The first kappa shape index (κ1) is 21.3. The number of amides is 3. The van der Waals surface area contributed by atoms with Crippen LogP contribution in [0.15, 0.2) is 24.3 Å². The van der Waals surface area contributed by atoms with E-state index in [9.17, 15) is 9.59 Å². The van der Waals surface area contributed by atoms with Gasteiger partial charge in [0.1, 0.15) is 0 Å². The van der Waals surface area contributed by atoms with Crippen molar-refractivity contribution in [3.63, 3.8) is 0 Å². The molecule has 0 spiro atoms. The van der Waals surface area contributed by atoms with E-state index in [-0.39, 0.29) is 18.0 Å². The highest BCUT2D eigenvalue weighted by molar-refractivity contribution is 5.94. The first-order valence-electron chi connectivity index (χ1n) is 10.5. The zero-order chi connectivity index (χ0) is 19.5. The van der Waals surface area contributed by atoms with Gasteiger partial charge in [0.25, 0.3) is 5.91 Å². The molecule has 2 rings (SSSR count). The van der Waals surface area contributed by atoms with Crippen LogP contribution < -0.4 is 10.6 Å². The molecular weight excluding hydrogens is 338 g/mol. The lowest BCUT2D eigenvalue weighted by molar-refractivity contribution is 0.0724. The maximum atomic E-state index is 12.5. The molecule has 1 aliphatic rings. The Morgan fingerprint density at radius 1 is 1.04 bits per heavy atom. The summed E-state index contributed by atoms with van der Waals surface area (Å²) < 4.78 is 0. The van der Waals surface area contributed by atoms with Crippen LogP contribution in [-0.4, -0.2) is 36.0 Å². The van der Waals surface area contributed by atoms with Crippen LogP contribution in [0.1, 0.15) is 81.1 Å². The highest BCUT2D eigenvalue weighted by Gasteiger charge is 2.17. The fourth-order valence-corrected chi connectivity index (χ4v) is 3.45. The van der Waals surface area contributed by atoms with Crippen molar-refractivity contribution in [3.05, 3.63) is 35.4 Å². The molecule has 0 saturated carbocycles. The Morgan fingerprint density at radius 3 is 2.41 bits per heavy atom. The van der Waals surface area contributed by atoms with Gasteiger partial charge in [-0.05, 0) is 50.3 Å². The Morgan fingerprint density at radius 2 is 1.74 bits per heavy atom. The summed E-state index contributed by atoms with van der Waals surface area (Å²) in [4.78, 5) is 26.4. The number of unbranched alkanes of at least 4 members (excludes halogenated alkanes) is 3. The van der Waals surface area contributed by atoms with Crippen molar-refractivity contribution in [1.82, 2.24) is 15.5 Å². The molecule has 0 aromatic heterocycles. The van der Waals surface area contributed by atoms with E-state index in [1.165, 1.54) is 25.7 Å². The highest BCUT2D eigenvalue weighted by atomic mass is 16.2. The topological polar surface area (TPSA) is 61.4 Å². The van der Waals surface area contributed by atoms with Crippen molar-refractivity contribution in [3.8, 4) is 0 Å². The van der Waals surface area contributed by atoms with Crippen LogP contribution in [0.3, 0.4) is 0 Å². The van der Waals surface area contributed by atoms with E-state index < -0.39 is 0 Å². The van der Waals surface area contributed by atoms with Crippen molar-refractivity contribution in [2.24, 2.45) is 0 Å². The van der Waals surface area contributed by atoms with Crippen molar-refractivity contribution < 1.29 is 9.59 Å². The van der Waals surface area contributed by atoms with Crippen LogP contribution in [0.25, 0.3) is 0 Å². The molecule has 1 heterocycles. The number of nitrogens with zero attached hydrogens (tertiary/aromatic N) is 1. The van der Waals surface area contributed by atoms with E-state index in [0.29, 0.717) is 6.54 Å². The number of piperidine rings is 1. The van der Waals surface area contributed by atoms with Crippen LogP contribution in [0.2, 0.25) is 0 Å². The molecule has 3 amide bonds. The molecule has 5 heteroatoms. The number of urea groups is 1. The Kier molecular flexibility index (Phi) is 9.16. The lowest BCUT2D eigenvalue weighted by Gasteiger charge is -2.26. The summed E-state index contributed by atoms with van der Waals surface area (Å²) in [5, 5.41) is 5.89. The molecule has 0 bridgehead atoms. The van der Waals surface area contributed by atoms with Crippen LogP contribution in [0.4, 0.5) is 4.79 Å². The maximum absolute atomic E-state index is 12.5. The Labute approximate surface area is 163 Å². The van der Waals surface area contributed by atoms with Gasteiger partial charge in [-0.1, -0.05) is 44.7 Å². The van der Waals surface area contributed by atoms with Gasteiger partial charge in [0.15, 0.2) is 0 Å². The predicted molar refractivity (Wildman–Crippen MR) is 110 cm³/mol. The lowest BCUT2D eigenvalue weighted by atomic mass is 10.1. The summed E-state index contributed by atoms with van der Waals surface area (Å²) in [6.07, 6.45) is 9.29. The third-order valence-electron chi connectivity index (χ3n) is 5.17. The summed E-state index contributed by atoms with van der Waals surface area (Å²) in [7, 11) is 0. The summed E-state index contributed by atoms with van der Waals surface area (Å²) in [5.74, 6) is 0.115. The second-order valence-electron chi connectivity index (χ2n) is 7.63. The monoisotopic (exact) mass is 373 g/mol. The Balaban J connectivity index is 1.71. The number of rotatable bonds is 9. The average Bonchev–Trinajstić information content (AvgIpc) is 2.70. The van der Waals surface area contributed by atoms with Crippen molar-refractivity contribution in [1.29, 1.82) is 0 Å². The van der Waals surface area contributed by atoms with E-state index in [4.69, 9.17) is 0 Å². The number of hydrogen-bond acceptors (Lipinski definition) is 2. The molecule has 0 aliphatic carbocycles. The number of carbonyl (C=O) groups is 2. The Hall–Kier alpha value is -2.04. The number of benzene rings is 1. The molecule has 2 N–H and O–H groups in total. The molecule has 150 valence electrons. The fourth-order valence-electron chi connectivity index (χ4n) is 3.45. The van der Waals surface area contributed by atoms with Gasteiger partial charge in [0, 0.05) is 31.2 Å². The molecule has 5 nitrogen and oxygen atoms in total. The highest BCUT2D eigenvalue weighted by Crippen LogP contribution is 2.14. The predicted octanol–water partition coefficient (Wildman–Crippen LogP) is 4.47. The van der Waals surface area contributed by atoms with E-state index in [0.717, 1.165) is 49.9 Å². The largest absolute Gasteiger partial charge is 0.339 e. The maximum Gasteiger partial charge on any atom is 0.315 e. The van der Waals surface area contributed by atoms with E-state index in [1.54, 1.807) is 0 Å². The van der Waals surface area contributed by atoms with E-state index in [1.807, 2.05) is 36.1 Å². The SMILES string of the molecule is CCCCCC[C@H](C)NC(=O)NCc1ccc(C(=O)N2CCCCC2)cc1. The first-order chi connectivity index (χ1) is 13.1. The molecule has 1 saturated heterocycles. The summed E-state index contributed by atoms with van der Waals surface area (Å²) >= 11 is 0. The van der Waals surface area contributed by atoms with Gasteiger partial charge < -0.3 is 15.5 Å². The molecule has 1 atom stereocenters. The summed E-state index contributed by atoms with van der Waals surface area (Å²) in [6.45, 7) is 6.43. The number of nitrogens with one attached hydrogen (secondary N) is 2. The van der Waals surface area contributed by atoms with Gasteiger partial charge in [-0.15, -0.1) is 0 Å². The van der Waals surface area contributed by atoms with Crippen LogP contribution in [0, 0.1) is 0 Å². The van der Waals surface area contributed by atoms with Gasteiger partial charge in [-0.25, -0.2) is 4.79 Å². The number of hydrogen-bond donors (Lipinski definition) is 2. The molecule has 1 aromatic carbocycles. The van der Waals surface area contributed by atoms with Gasteiger partial charge in [-0.3, -0.25) is 4.79 Å². The second kappa shape index (κ2) is 11.6. The van der Waals surface area contributed by atoms with Crippen molar-refractivity contribution in [2.75, 3.05) is 13.1 Å². The third-order valence-corrected chi connectivity index (χ3v) is 5.17. The summed E-state index contributed by atoms with van der Waals surface area (Å²) in [5.41, 5.74) is 1.72.